The van der Waals surface area contributed by atoms with Gasteiger partial charge in [0.15, 0.2) is 5.82 Å². The normalized spacial score (nSPS) is 15.5. The highest BCUT2D eigenvalue weighted by molar-refractivity contribution is 5.18. The van der Waals surface area contributed by atoms with Crippen molar-refractivity contribution in [3.8, 4) is 0 Å². The molecule has 0 saturated carbocycles. The average molecular weight is 341 g/mol. The van der Waals surface area contributed by atoms with Gasteiger partial charge < -0.3 is 9.26 Å². The first-order valence-electron chi connectivity index (χ1n) is 8.38. The molecule has 0 unspecified atom stereocenters. The number of rotatable bonds is 5. The maximum absolute atomic E-state index is 12.1. The number of ether oxygens (including phenoxy) is 1. The van der Waals surface area contributed by atoms with Crippen molar-refractivity contribution in [2.24, 2.45) is 0 Å². The lowest BCUT2D eigenvalue weighted by Crippen LogP contribution is -2.19. The van der Waals surface area contributed by atoms with Crippen molar-refractivity contribution in [1.82, 2.24) is 24.9 Å². The van der Waals surface area contributed by atoms with Crippen LogP contribution in [0.1, 0.15) is 41.9 Å². The minimum atomic E-state index is -0.275. The summed E-state index contributed by atoms with van der Waals surface area (Å²) in [7, 11) is 0. The second-order valence-corrected chi connectivity index (χ2v) is 6.13. The Hall–Kier alpha value is -2.74. The number of H-pyrrole nitrogens is 1. The average Bonchev–Trinajstić information content (AvgIpc) is 3.24. The summed E-state index contributed by atoms with van der Waals surface area (Å²) in [4.78, 5) is 19.3. The molecule has 130 valence electrons. The van der Waals surface area contributed by atoms with Crippen LogP contribution in [0.2, 0.25) is 0 Å². The summed E-state index contributed by atoms with van der Waals surface area (Å²) in [5.74, 6) is 1.93. The van der Waals surface area contributed by atoms with Crippen LogP contribution in [0.3, 0.4) is 0 Å². The van der Waals surface area contributed by atoms with E-state index in [4.69, 9.17) is 9.26 Å². The fraction of sp³-hybridized carbons (Fsp3) is 0.412. The molecule has 8 nitrogen and oxygen atoms in total. The van der Waals surface area contributed by atoms with Crippen LogP contribution in [-0.4, -0.2) is 38.1 Å². The van der Waals surface area contributed by atoms with E-state index >= 15 is 0 Å². The zero-order chi connectivity index (χ0) is 17.1. The molecule has 1 aliphatic heterocycles. The van der Waals surface area contributed by atoms with Gasteiger partial charge in [-0.1, -0.05) is 35.5 Å². The summed E-state index contributed by atoms with van der Waals surface area (Å²) in [5, 5.41) is 8.31. The van der Waals surface area contributed by atoms with E-state index in [1.165, 1.54) is 4.68 Å². The Morgan fingerprint density at radius 3 is 2.80 bits per heavy atom. The molecule has 2 aromatic heterocycles. The standard InChI is InChI=1S/C17H19N5O3/c23-17-19-14(10-12-4-2-1-3-5-12)20-22(17)11-15-18-16(25-21-15)13-6-8-24-9-7-13/h1-5,13H,6-11H2,(H,19,20,23). The lowest BCUT2D eigenvalue weighted by molar-refractivity contribution is 0.0778. The lowest BCUT2D eigenvalue weighted by Gasteiger charge is -2.17. The number of benzene rings is 1. The third-order valence-electron chi connectivity index (χ3n) is 4.29. The fourth-order valence-corrected chi connectivity index (χ4v) is 2.96. The predicted molar refractivity (Wildman–Crippen MR) is 88.3 cm³/mol. The Bertz CT molecular complexity index is 877. The summed E-state index contributed by atoms with van der Waals surface area (Å²) in [5.41, 5.74) is 0.813. The molecule has 1 N–H and O–H groups in total. The van der Waals surface area contributed by atoms with Gasteiger partial charge >= 0.3 is 5.69 Å². The van der Waals surface area contributed by atoms with Crippen molar-refractivity contribution in [2.75, 3.05) is 13.2 Å². The molecule has 25 heavy (non-hydrogen) atoms. The van der Waals surface area contributed by atoms with Gasteiger partial charge in [-0.2, -0.15) is 10.1 Å². The zero-order valence-corrected chi connectivity index (χ0v) is 13.7. The molecular formula is C17H19N5O3. The van der Waals surface area contributed by atoms with E-state index in [-0.39, 0.29) is 18.2 Å². The monoisotopic (exact) mass is 341 g/mol. The Morgan fingerprint density at radius 1 is 1.20 bits per heavy atom. The van der Waals surface area contributed by atoms with Crippen molar-refractivity contribution >= 4 is 0 Å². The van der Waals surface area contributed by atoms with Crippen LogP contribution in [0.15, 0.2) is 39.6 Å². The molecule has 0 atom stereocenters. The van der Waals surface area contributed by atoms with Gasteiger partial charge in [0.25, 0.3) is 0 Å². The Labute approximate surface area is 143 Å². The van der Waals surface area contributed by atoms with Gasteiger partial charge in [-0.05, 0) is 18.4 Å². The van der Waals surface area contributed by atoms with Crippen molar-refractivity contribution in [3.05, 3.63) is 63.9 Å². The number of hydrogen-bond donors (Lipinski definition) is 1. The summed E-state index contributed by atoms with van der Waals surface area (Å²) in [6.07, 6.45) is 2.33. The molecular weight excluding hydrogens is 322 g/mol. The van der Waals surface area contributed by atoms with Gasteiger partial charge in [-0.25, -0.2) is 9.48 Å². The van der Waals surface area contributed by atoms with Crippen LogP contribution in [0.5, 0.6) is 0 Å². The maximum atomic E-state index is 12.1. The van der Waals surface area contributed by atoms with Gasteiger partial charge in [0.2, 0.25) is 5.89 Å². The van der Waals surface area contributed by atoms with Crippen LogP contribution in [0, 0.1) is 0 Å². The SMILES string of the molecule is O=c1[nH]c(Cc2ccccc2)nn1Cc1noc(C2CCOCC2)n1. The van der Waals surface area contributed by atoms with Gasteiger partial charge in [-0.3, -0.25) is 4.98 Å². The van der Waals surface area contributed by atoms with Crippen molar-refractivity contribution in [1.29, 1.82) is 0 Å². The first kappa shape index (κ1) is 15.8. The number of aromatic nitrogens is 5. The number of aromatic amines is 1. The minimum absolute atomic E-state index is 0.191. The van der Waals surface area contributed by atoms with E-state index in [9.17, 15) is 4.79 Å². The Kier molecular flexibility index (Phi) is 4.43. The molecule has 3 heterocycles. The van der Waals surface area contributed by atoms with E-state index in [2.05, 4.69) is 20.2 Å². The predicted octanol–water partition coefficient (Wildman–Crippen LogP) is 1.49. The Morgan fingerprint density at radius 2 is 2.00 bits per heavy atom. The number of nitrogens with one attached hydrogen (secondary N) is 1. The quantitative estimate of drug-likeness (QED) is 0.755. The van der Waals surface area contributed by atoms with E-state index in [1.54, 1.807) is 0 Å². The summed E-state index contributed by atoms with van der Waals surface area (Å²) >= 11 is 0. The van der Waals surface area contributed by atoms with E-state index < -0.39 is 0 Å². The lowest BCUT2D eigenvalue weighted by atomic mass is 10.0. The number of hydrogen-bond acceptors (Lipinski definition) is 6. The number of nitrogens with zero attached hydrogens (tertiary/aromatic N) is 4. The molecule has 1 saturated heterocycles. The molecule has 1 aromatic carbocycles. The van der Waals surface area contributed by atoms with E-state index in [1.807, 2.05) is 30.3 Å². The third kappa shape index (κ3) is 3.69. The van der Waals surface area contributed by atoms with E-state index in [0.29, 0.717) is 37.2 Å². The van der Waals surface area contributed by atoms with Gasteiger partial charge in [0, 0.05) is 25.6 Å². The molecule has 3 aromatic rings. The van der Waals surface area contributed by atoms with Gasteiger partial charge in [0.05, 0.1) is 0 Å². The smallest absolute Gasteiger partial charge is 0.343 e. The highest BCUT2D eigenvalue weighted by atomic mass is 16.5. The largest absolute Gasteiger partial charge is 0.381 e. The second kappa shape index (κ2) is 7.02. The third-order valence-corrected chi connectivity index (χ3v) is 4.29. The van der Waals surface area contributed by atoms with Crippen LogP contribution < -0.4 is 5.69 Å². The molecule has 0 bridgehead atoms. The van der Waals surface area contributed by atoms with Crippen LogP contribution >= 0.6 is 0 Å². The highest BCUT2D eigenvalue weighted by Gasteiger charge is 2.22. The maximum Gasteiger partial charge on any atom is 0.343 e. The molecule has 0 amide bonds. The van der Waals surface area contributed by atoms with Crippen molar-refractivity contribution < 1.29 is 9.26 Å². The Balaban J connectivity index is 1.46. The summed E-state index contributed by atoms with van der Waals surface area (Å²) in [6.45, 7) is 1.62. The highest BCUT2D eigenvalue weighted by Crippen LogP contribution is 2.25. The topological polar surface area (TPSA) is 98.8 Å². The van der Waals surface area contributed by atoms with Crippen LogP contribution in [0.4, 0.5) is 0 Å². The molecule has 1 aliphatic rings. The molecule has 4 rings (SSSR count). The molecule has 0 spiro atoms. The second-order valence-electron chi connectivity index (χ2n) is 6.13. The van der Waals surface area contributed by atoms with E-state index in [0.717, 1.165) is 18.4 Å². The minimum Gasteiger partial charge on any atom is -0.381 e. The first-order chi connectivity index (χ1) is 12.3. The fourth-order valence-electron chi connectivity index (χ4n) is 2.96. The molecule has 0 aliphatic carbocycles. The molecule has 1 fully saturated rings. The summed E-state index contributed by atoms with van der Waals surface area (Å²) < 4.78 is 12.0. The molecule has 0 radical (unpaired) electrons. The van der Waals surface area contributed by atoms with Gasteiger partial charge in [-0.15, -0.1) is 0 Å². The van der Waals surface area contributed by atoms with Gasteiger partial charge in [0.1, 0.15) is 12.4 Å². The first-order valence-corrected chi connectivity index (χ1v) is 8.38. The molecule has 8 heteroatoms. The van der Waals surface area contributed by atoms with Crippen LogP contribution in [0.25, 0.3) is 0 Å². The van der Waals surface area contributed by atoms with Crippen molar-refractivity contribution in [2.45, 2.75) is 31.7 Å². The zero-order valence-electron chi connectivity index (χ0n) is 13.7. The summed E-state index contributed by atoms with van der Waals surface area (Å²) in [6, 6.07) is 9.87. The van der Waals surface area contributed by atoms with Crippen LogP contribution in [-0.2, 0) is 17.7 Å². The van der Waals surface area contributed by atoms with Crippen molar-refractivity contribution in [3.63, 3.8) is 0 Å².